The van der Waals surface area contributed by atoms with E-state index in [1.54, 1.807) is 101 Å². The van der Waals surface area contributed by atoms with Crippen LogP contribution in [0.15, 0.2) is 146 Å². The van der Waals surface area contributed by atoms with E-state index in [9.17, 15) is 40.5 Å². The number of nitro groups is 4. The van der Waals surface area contributed by atoms with E-state index in [4.69, 9.17) is 37.9 Å². The van der Waals surface area contributed by atoms with Crippen LogP contribution >= 0.6 is 0 Å². The quantitative estimate of drug-likeness (QED) is 0.0173. The molecule has 0 radical (unpaired) electrons. The number of benzene rings is 8. The van der Waals surface area contributed by atoms with Crippen LogP contribution in [0.2, 0.25) is 0 Å². The summed E-state index contributed by atoms with van der Waals surface area (Å²) >= 11 is 0. The zero-order valence-electron chi connectivity index (χ0n) is 55.0. The van der Waals surface area contributed by atoms with Gasteiger partial charge in [0.1, 0.15) is 95.2 Å². The van der Waals surface area contributed by atoms with Gasteiger partial charge in [0.15, 0.2) is 0 Å². The first-order valence-corrected chi connectivity index (χ1v) is 31.9. The molecule has 0 saturated heterocycles. The smallest absolute Gasteiger partial charge is 0.292 e. The summed E-state index contributed by atoms with van der Waals surface area (Å²) in [5.74, 6) is 2.09. The molecular formula is C72H80N8O16. The van der Waals surface area contributed by atoms with Crippen LogP contribution in [0.4, 0.5) is 45.5 Å². The van der Waals surface area contributed by atoms with Crippen LogP contribution in [0, 0.1) is 40.5 Å². The topological polar surface area (TPSA) is 295 Å². The van der Waals surface area contributed by atoms with E-state index in [2.05, 4.69) is 73.2 Å². The van der Waals surface area contributed by atoms with Gasteiger partial charge in [-0.05, 0) is 74.2 Å². The van der Waals surface area contributed by atoms with Gasteiger partial charge >= 0.3 is 0 Å². The second kappa shape index (κ2) is 32.7. The third kappa shape index (κ3) is 15.6. The van der Waals surface area contributed by atoms with Crippen molar-refractivity contribution in [3.63, 3.8) is 0 Å². The predicted octanol–water partition coefficient (Wildman–Crippen LogP) is 15.8. The molecule has 4 atom stereocenters. The molecular weight excluding hydrogens is 1230 g/mol. The molecule has 504 valence electrons. The molecule has 0 saturated carbocycles. The monoisotopic (exact) mass is 1310 g/mol. The van der Waals surface area contributed by atoms with Crippen molar-refractivity contribution >= 4 is 45.5 Å². The summed E-state index contributed by atoms with van der Waals surface area (Å²) in [5.41, 5.74) is 7.29. The van der Waals surface area contributed by atoms with Gasteiger partial charge in [-0.15, -0.1) is 0 Å². The van der Waals surface area contributed by atoms with Crippen LogP contribution in [-0.4, -0.2) is 101 Å². The Hall–Kier alpha value is -11.0. The van der Waals surface area contributed by atoms with Crippen LogP contribution < -0.4 is 59.2 Å². The van der Waals surface area contributed by atoms with Gasteiger partial charge in [0.25, 0.3) is 22.7 Å². The number of ether oxygens (including phenoxy) is 8. The minimum atomic E-state index is -0.460. The summed E-state index contributed by atoms with van der Waals surface area (Å²) in [6.07, 6.45) is 2.05. The number of para-hydroxylation sites is 8. The number of anilines is 4. The van der Waals surface area contributed by atoms with Crippen LogP contribution in [-0.2, 0) is 0 Å². The maximum atomic E-state index is 12.1. The fourth-order valence-corrected chi connectivity index (χ4v) is 12.7. The van der Waals surface area contributed by atoms with Crippen molar-refractivity contribution in [1.82, 2.24) is 0 Å². The van der Waals surface area contributed by atoms with E-state index in [0.29, 0.717) is 94.4 Å². The molecule has 4 N–H and O–H groups in total. The molecule has 0 aromatic heterocycles. The van der Waals surface area contributed by atoms with Crippen molar-refractivity contribution in [3.05, 3.63) is 231 Å². The summed E-state index contributed by atoms with van der Waals surface area (Å²) in [6, 6.07) is 41.6. The van der Waals surface area contributed by atoms with Gasteiger partial charge in [-0.2, -0.15) is 0 Å². The highest BCUT2D eigenvalue weighted by molar-refractivity contribution is 5.66. The molecule has 0 spiro atoms. The molecule has 8 bridgehead atoms. The zero-order valence-corrected chi connectivity index (χ0v) is 55.0. The van der Waals surface area contributed by atoms with E-state index < -0.39 is 43.4 Å². The highest BCUT2D eigenvalue weighted by Gasteiger charge is 2.34. The SMILES string of the molecule is CCC1c2cc(c(OCCNc3ccccc3[N+](=O)[O-])cc2OC)C(CC)c2cc(c(OCCNc3ccccc3[N+](=O)[O-])cc2OC)C(CC)c2cc(c(OCCNc3ccccc3[N+](=O)[O-])cc2OC)C(CC)c2cc1c(OCCNc1ccccc1[N+](=O)[O-])cc2OC. The van der Waals surface area contributed by atoms with E-state index >= 15 is 0 Å². The lowest BCUT2D eigenvalue weighted by Crippen LogP contribution is -2.18. The molecule has 1 aliphatic rings. The molecule has 8 aromatic carbocycles. The molecule has 0 fully saturated rings. The molecule has 4 unspecified atom stereocenters. The van der Waals surface area contributed by atoms with Crippen molar-refractivity contribution in [2.45, 2.75) is 77.0 Å². The average molecular weight is 1310 g/mol. The lowest BCUT2D eigenvalue weighted by atomic mass is 9.77. The zero-order chi connectivity index (χ0) is 68.4. The fraction of sp³-hybridized carbons (Fsp3) is 0.333. The molecule has 0 heterocycles. The Morgan fingerprint density at radius 1 is 0.302 bits per heavy atom. The largest absolute Gasteiger partial charge is 0.496 e. The highest BCUT2D eigenvalue weighted by atomic mass is 16.6. The van der Waals surface area contributed by atoms with E-state index in [0.717, 1.165) is 44.5 Å². The Morgan fingerprint density at radius 2 is 0.490 bits per heavy atom. The first kappa shape index (κ1) is 69.3. The minimum Gasteiger partial charge on any atom is -0.496 e. The Balaban J connectivity index is 1.26. The summed E-state index contributed by atoms with van der Waals surface area (Å²) in [6.45, 7) is 9.39. The van der Waals surface area contributed by atoms with Crippen molar-refractivity contribution in [2.24, 2.45) is 0 Å². The Bertz CT molecular complexity index is 3560. The predicted molar refractivity (Wildman–Crippen MR) is 369 cm³/mol. The second-order valence-corrected chi connectivity index (χ2v) is 22.6. The van der Waals surface area contributed by atoms with Gasteiger partial charge in [0.05, 0.1) is 48.1 Å². The van der Waals surface area contributed by atoms with Gasteiger partial charge in [0, 0.05) is 143 Å². The molecule has 9 rings (SSSR count). The molecule has 8 aromatic rings. The van der Waals surface area contributed by atoms with Crippen LogP contribution in [0.5, 0.6) is 46.0 Å². The third-order valence-electron chi connectivity index (χ3n) is 17.2. The van der Waals surface area contributed by atoms with Crippen LogP contribution in [0.25, 0.3) is 0 Å². The Morgan fingerprint density at radius 3 is 0.667 bits per heavy atom. The number of nitrogens with zero attached hydrogens (tertiary/aromatic N) is 4. The number of nitrogens with one attached hydrogen (secondary N) is 4. The van der Waals surface area contributed by atoms with Gasteiger partial charge < -0.3 is 59.2 Å². The molecule has 1 aliphatic carbocycles. The Labute approximate surface area is 556 Å². The molecule has 24 heteroatoms. The van der Waals surface area contributed by atoms with E-state index in [1.165, 1.54) is 24.3 Å². The molecule has 0 aliphatic heterocycles. The number of fused-ring (bicyclic) bond motifs is 8. The van der Waals surface area contributed by atoms with Crippen molar-refractivity contribution < 1.29 is 57.6 Å². The van der Waals surface area contributed by atoms with E-state index in [-0.39, 0.29) is 75.4 Å². The van der Waals surface area contributed by atoms with Crippen molar-refractivity contribution in [3.8, 4) is 46.0 Å². The maximum Gasteiger partial charge on any atom is 0.292 e. The van der Waals surface area contributed by atoms with Crippen molar-refractivity contribution in [2.75, 3.05) is 102 Å². The summed E-state index contributed by atoms with van der Waals surface area (Å²) in [5, 5.41) is 61.0. The fourth-order valence-electron chi connectivity index (χ4n) is 12.7. The number of methoxy groups -OCH3 is 4. The normalized spacial score (nSPS) is 14.7. The molecule has 0 amide bonds. The standard InChI is InChI=1S/C72H80N8O16/c1-9-45-49-37-54(70(41-65(49)89-5)94-34-30-74-58-22-14-18-26-62(58)78(83)84)47(11-3)51-39-56(72(43-67(51)91-7)96-36-32-76-60-24-16-20-28-64(60)80(87)88)48(12-4)52-40-55(71(44-68(52)92-8)95-35-31-75-59-23-15-19-27-63(59)79(85)86)46(10-2)50-38-53(45)69(42-66(50)90-6)93-33-29-73-57-21-13-17-25-61(57)77(81)82/h13-28,37-48,73-76H,9-12,29-36H2,1-8H3. The van der Waals surface area contributed by atoms with Crippen molar-refractivity contribution in [1.29, 1.82) is 0 Å². The lowest BCUT2D eigenvalue weighted by Gasteiger charge is -2.31. The first-order valence-electron chi connectivity index (χ1n) is 31.9. The van der Waals surface area contributed by atoms with Gasteiger partial charge in [-0.3, -0.25) is 40.5 Å². The summed E-state index contributed by atoms with van der Waals surface area (Å²) in [7, 11) is 6.40. The second-order valence-electron chi connectivity index (χ2n) is 22.6. The molecule has 96 heavy (non-hydrogen) atoms. The highest BCUT2D eigenvalue weighted by Crippen LogP contribution is 2.53. The number of nitro benzene ring substituents is 4. The van der Waals surface area contributed by atoms with Crippen LogP contribution in [0.3, 0.4) is 0 Å². The third-order valence-corrected chi connectivity index (χ3v) is 17.2. The number of hydrogen-bond donors (Lipinski definition) is 4. The van der Waals surface area contributed by atoms with E-state index in [1.807, 2.05) is 24.3 Å². The molecule has 24 nitrogen and oxygen atoms in total. The summed E-state index contributed by atoms with van der Waals surface area (Å²) < 4.78 is 53.0. The number of rotatable bonds is 32. The van der Waals surface area contributed by atoms with Gasteiger partial charge in [-0.25, -0.2) is 0 Å². The number of hydrogen-bond acceptors (Lipinski definition) is 20. The minimum absolute atomic E-state index is 0.0776. The van der Waals surface area contributed by atoms with Crippen LogP contribution in [0.1, 0.15) is 122 Å². The Kier molecular flexibility index (Phi) is 23.6. The summed E-state index contributed by atoms with van der Waals surface area (Å²) in [4.78, 5) is 46.5. The first-order chi connectivity index (χ1) is 46.6. The lowest BCUT2D eigenvalue weighted by molar-refractivity contribution is -0.384. The van der Waals surface area contributed by atoms with Gasteiger partial charge in [0.2, 0.25) is 0 Å². The maximum absolute atomic E-state index is 12.1. The van der Waals surface area contributed by atoms with Gasteiger partial charge in [-0.1, -0.05) is 76.2 Å². The average Bonchev–Trinajstić information content (AvgIpc) is 0.753.